The monoisotopic (exact) mass is 636 g/mol. The van der Waals surface area contributed by atoms with Crippen molar-refractivity contribution in [2.24, 2.45) is 0 Å². The summed E-state index contributed by atoms with van der Waals surface area (Å²) in [6.07, 6.45) is 0. The highest BCUT2D eigenvalue weighted by molar-refractivity contribution is 6.29. The topological polar surface area (TPSA) is 40.5 Å². The number of fused-ring (bicyclic) bond motifs is 5. The number of benzene rings is 6. The lowest BCUT2D eigenvalue weighted by molar-refractivity contribution is 0.471. The predicted octanol–water partition coefficient (Wildman–Crippen LogP) is 12.8. The van der Waals surface area contributed by atoms with Crippen LogP contribution < -0.4 is 0 Å². The van der Waals surface area contributed by atoms with Gasteiger partial charge in [-0.2, -0.15) is 0 Å². The molecule has 0 aliphatic carbocycles. The minimum atomic E-state index is 0.378. The van der Waals surface area contributed by atoms with Crippen LogP contribution in [0.15, 0.2) is 12.1 Å². The van der Waals surface area contributed by atoms with E-state index in [4.69, 9.17) is 0 Å². The highest BCUT2D eigenvalue weighted by Crippen LogP contribution is 2.53. The molecule has 0 spiro atoms. The van der Waals surface area contributed by atoms with E-state index in [0.717, 1.165) is 55.6 Å². The van der Waals surface area contributed by atoms with Crippen LogP contribution in [0.3, 0.4) is 0 Å². The van der Waals surface area contributed by atoms with Gasteiger partial charge in [-0.05, 0) is 243 Å². The van der Waals surface area contributed by atoms with E-state index < -0.39 is 0 Å². The summed E-state index contributed by atoms with van der Waals surface area (Å²) in [5, 5.41) is 31.3. The van der Waals surface area contributed by atoms with Gasteiger partial charge in [0.05, 0.1) is 0 Å². The van der Waals surface area contributed by atoms with Gasteiger partial charge in [-0.25, -0.2) is 0 Å². The number of rotatable bonds is 2. The van der Waals surface area contributed by atoms with Gasteiger partial charge < -0.3 is 10.2 Å². The average molecular weight is 637 g/mol. The number of phenolic OH excluding ortho intramolecular Hbond substituents is 2. The first-order valence-corrected chi connectivity index (χ1v) is 17.4. The van der Waals surface area contributed by atoms with Crippen molar-refractivity contribution in [3.05, 3.63) is 101 Å². The molecule has 0 bridgehead atoms. The van der Waals surface area contributed by atoms with E-state index in [1.54, 1.807) is 0 Å². The number of aryl methyl sites for hydroxylation is 6. The summed E-state index contributed by atoms with van der Waals surface area (Å²) < 4.78 is 0. The van der Waals surface area contributed by atoms with E-state index >= 15 is 0 Å². The minimum absolute atomic E-state index is 0.378. The molecule has 0 atom stereocenters. The Labute approximate surface area is 287 Å². The Morgan fingerprint density at radius 1 is 0.271 bits per heavy atom. The molecule has 0 aromatic heterocycles. The maximum Gasteiger partial charge on any atom is 0.126 e. The van der Waals surface area contributed by atoms with E-state index in [1.807, 2.05) is 13.8 Å². The molecule has 0 saturated heterocycles. The van der Waals surface area contributed by atoms with Crippen LogP contribution in [0.4, 0.5) is 0 Å². The summed E-state index contributed by atoms with van der Waals surface area (Å²) in [5.41, 5.74) is 23.0. The fourth-order valence-corrected chi connectivity index (χ4v) is 8.70. The normalized spacial score (nSPS) is 11.9. The van der Waals surface area contributed by atoms with Crippen LogP contribution in [0.5, 0.6) is 11.5 Å². The van der Waals surface area contributed by atoms with Crippen LogP contribution in [-0.4, -0.2) is 10.2 Å². The van der Waals surface area contributed by atoms with Crippen molar-refractivity contribution in [1.82, 2.24) is 0 Å². The number of hydrogen-bond acceptors (Lipinski definition) is 2. The van der Waals surface area contributed by atoms with E-state index in [9.17, 15) is 10.2 Å². The van der Waals surface area contributed by atoms with Crippen molar-refractivity contribution in [2.75, 3.05) is 0 Å². The molecule has 6 rings (SSSR count). The Hall–Kier alpha value is -4.30. The average Bonchev–Trinajstić information content (AvgIpc) is 3.05. The number of phenols is 2. The molecule has 0 unspecified atom stereocenters. The predicted molar refractivity (Wildman–Crippen MR) is 209 cm³/mol. The Morgan fingerprint density at radius 2 is 0.562 bits per heavy atom. The second-order valence-corrected chi connectivity index (χ2v) is 14.9. The van der Waals surface area contributed by atoms with Gasteiger partial charge in [-0.1, -0.05) is 12.1 Å². The molecular weight excluding hydrogens is 585 g/mol. The van der Waals surface area contributed by atoms with E-state index in [0.29, 0.717) is 11.5 Å². The molecule has 0 saturated carbocycles. The fourth-order valence-electron chi connectivity index (χ4n) is 8.70. The van der Waals surface area contributed by atoms with Gasteiger partial charge in [0, 0.05) is 11.1 Å². The Bertz CT molecular complexity index is 2220. The van der Waals surface area contributed by atoms with Gasteiger partial charge in [0.15, 0.2) is 0 Å². The fraction of sp³-hybridized carbons (Fsp3) is 0.348. The van der Waals surface area contributed by atoms with Gasteiger partial charge in [-0.3, -0.25) is 0 Å². The number of aromatic hydroxyl groups is 2. The zero-order valence-corrected chi connectivity index (χ0v) is 32.0. The molecule has 2 nitrogen and oxygen atoms in total. The van der Waals surface area contributed by atoms with Crippen LogP contribution in [0, 0.1) is 111 Å². The van der Waals surface area contributed by atoms with Crippen LogP contribution in [0.25, 0.3) is 54.6 Å². The van der Waals surface area contributed by atoms with E-state index in [1.165, 1.54) is 88.0 Å². The van der Waals surface area contributed by atoms with Crippen LogP contribution in [-0.2, 0) is 0 Å². The van der Waals surface area contributed by atoms with Crippen LogP contribution in [0.2, 0.25) is 0 Å². The van der Waals surface area contributed by atoms with Crippen molar-refractivity contribution in [2.45, 2.75) is 111 Å². The summed E-state index contributed by atoms with van der Waals surface area (Å²) >= 11 is 0. The van der Waals surface area contributed by atoms with Gasteiger partial charge in [0.25, 0.3) is 0 Å². The SMILES string of the molecule is Cc1cc2c(-c3c(C)c(C)c(C)c(C)c3O)c(C)c3c4c(C)c(C)c(C)cc4c(-c4c(C)c(C)c(C)c(C)c4O)c(C)c3c2c(C)c1C. The van der Waals surface area contributed by atoms with Crippen molar-refractivity contribution in [3.8, 4) is 33.8 Å². The third-order valence-electron chi connectivity index (χ3n) is 12.9. The van der Waals surface area contributed by atoms with Gasteiger partial charge in [0.2, 0.25) is 0 Å². The van der Waals surface area contributed by atoms with Crippen molar-refractivity contribution in [3.63, 3.8) is 0 Å². The van der Waals surface area contributed by atoms with Crippen molar-refractivity contribution < 1.29 is 10.2 Å². The van der Waals surface area contributed by atoms with Crippen molar-refractivity contribution >= 4 is 32.3 Å². The maximum atomic E-state index is 12.0. The first-order chi connectivity index (χ1) is 22.4. The van der Waals surface area contributed by atoms with Gasteiger partial charge in [0.1, 0.15) is 11.5 Å². The Balaban J connectivity index is 2.06. The number of hydrogen-bond donors (Lipinski definition) is 2. The molecule has 0 fully saturated rings. The second kappa shape index (κ2) is 11.1. The van der Waals surface area contributed by atoms with Gasteiger partial charge >= 0.3 is 0 Å². The first kappa shape index (κ1) is 33.6. The molecule has 0 aliphatic heterocycles. The summed E-state index contributed by atoms with van der Waals surface area (Å²) in [7, 11) is 0. The summed E-state index contributed by atoms with van der Waals surface area (Å²) in [5.74, 6) is 0.755. The molecule has 0 amide bonds. The maximum absolute atomic E-state index is 12.0. The largest absolute Gasteiger partial charge is 0.507 e. The second-order valence-electron chi connectivity index (χ2n) is 14.9. The molecule has 2 N–H and O–H groups in total. The summed E-state index contributed by atoms with van der Waals surface area (Å²) in [4.78, 5) is 0. The molecular formula is C46H52O2. The first-order valence-electron chi connectivity index (χ1n) is 17.4. The highest BCUT2D eigenvalue weighted by atomic mass is 16.3. The third kappa shape index (κ3) is 4.24. The smallest absolute Gasteiger partial charge is 0.126 e. The summed E-state index contributed by atoms with van der Waals surface area (Å²) in [6, 6.07) is 4.70. The lowest BCUT2D eigenvalue weighted by atomic mass is 9.76. The Kier molecular flexibility index (Phi) is 7.79. The zero-order valence-electron chi connectivity index (χ0n) is 32.0. The standard InChI is InChI=1S/C46H52O2/c1-19-17-35-37(27(9)21(19)3)41-34(16)40(44-30(12)24(6)26(8)32(14)46(44)48)36-18-20(2)22(4)28(10)38(36)42(41)33(15)39(35)43-29(11)23(5)25(7)31(13)45(43)47/h17-18,47-48H,1-16H3. The molecule has 0 aliphatic rings. The van der Waals surface area contributed by atoms with Gasteiger partial charge in [-0.15, -0.1) is 0 Å². The molecule has 248 valence electrons. The van der Waals surface area contributed by atoms with E-state index in [-0.39, 0.29) is 0 Å². The van der Waals surface area contributed by atoms with E-state index in [2.05, 4.69) is 109 Å². The molecule has 2 heteroatoms. The Morgan fingerprint density at radius 3 is 0.875 bits per heavy atom. The molecule has 48 heavy (non-hydrogen) atoms. The molecule has 0 heterocycles. The highest BCUT2D eigenvalue weighted by Gasteiger charge is 2.29. The molecule has 0 radical (unpaired) electrons. The molecule has 6 aromatic rings. The van der Waals surface area contributed by atoms with Crippen LogP contribution in [0.1, 0.15) is 89.0 Å². The zero-order chi connectivity index (χ0) is 35.6. The minimum Gasteiger partial charge on any atom is -0.507 e. The van der Waals surface area contributed by atoms with Crippen molar-refractivity contribution in [1.29, 1.82) is 0 Å². The molecule has 6 aromatic carbocycles. The third-order valence-corrected chi connectivity index (χ3v) is 12.9. The lowest BCUT2D eigenvalue weighted by Crippen LogP contribution is -2.04. The lowest BCUT2D eigenvalue weighted by Gasteiger charge is -2.28. The summed E-state index contributed by atoms with van der Waals surface area (Å²) in [6.45, 7) is 35.0. The van der Waals surface area contributed by atoms with Crippen LogP contribution >= 0.6 is 0 Å². The quantitative estimate of drug-likeness (QED) is 0.186.